The first-order chi connectivity index (χ1) is 9.65. The zero-order valence-corrected chi connectivity index (χ0v) is 10.8. The Morgan fingerprint density at radius 2 is 2.00 bits per heavy atom. The number of hydrogen-bond acceptors (Lipinski definition) is 4. The molecule has 1 amide bonds. The summed E-state index contributed by atoms with van der Waals surface area (Å²) in [6, 6.07) is 10.9. The number of carbonyl (C=O) groups excluding carboxylic acids is 1. The molecule has 0 saturated heterocycles. The van der Waals surface area contributed by atoms with Gasteiger partial charge in [0.05, 0.1) is 6.54 Å². The van der Waals surface area contributed by atoms with E-state index in [2.05, 4.69) is 5.32 Å². The van der Waals surface area contributed by atoms with Crippen molar-refractivity contribution in [2.75, 3.05) is 0 Å². The second kappa shape index (κ2) is 6.56. The summed E-state index contributed by atoms with van der Waals surface area (Å²) < 4.78 is 4.99. The summed E-state index contributed by atoms with van der Waals surface area (Å²) in [6.07, 6.45) is 1.99. The first-order valence-electron chi connectivity index (χ1n) is 6.26. The lowest BCUT2D eigenvalue weighted by Crippen LogP contribution is -2.23. The van der Waals surface area contributed by atoms with Gasteiger partial charge in [0.15, 0.2) is 5.75 Å². The fourth-order valence-corrected chi connectivity index (χ4v) is 1.71. The van der Waals surface area contributed by atoms with Crippen LogP contribution in [-0.4, -0.2) is 11.0 Å². The lowest BCUT2D eigenvalue weighted by atomic mass is 10.1. The van der Waals surface area contributed by atoms with Crippen LogP contribution < -0.4 is 10.7 Å². The van der Waals surface area contributed by atoms with Gasteiger partial charge in [-0.1, -0.05) is 30.3 Å². The number of benzene rings is 1. The van der Waals surface area contributed by atoms with Gasteiger partial charge in [-0.25, -0.2) is 0 Å². The van der Waals surface area contributed by atoms with E-state index in [1.807, 2.05) is 30.3 Å². The molecular weight excluding hydrogens is 258 g/mol. The summed E-state index contributed by atoms with van der Waals surface area (Å²) in [7, 11) is 0. The lowest BCUT2D eigenvalue weighted by molar-refractivity contribution is -0.121. The Balaban J connectivity index is 1.80. The van der Waals surface area contributed by atoms with Gasteiger partial charge in [0, 0.05) is 12.5 Å². The molecule has 0 spiro atoms. The predicted molar refractivity (Wildman–Crippen MR) is 73.3 cm³/mol. The van der Waals surface area contributed by atoms with E-state index in [0.29, 0.717) is 18.6 Å². The zero-order valence-electron chi connectivity index (χ0n) is 10.8. The van der Waals surface area contributed by atoms with Crippen molar-refractivity contribution in [2.45, 2.75) is 19.4 Å². The smallest absolute Gasteiger partial charge is 0.226 e. The maximum Gasteiger partial charge on any atom is 0.226 e. The SMILES string of the molecule is O=C(CCc1ccccc1)NCc1cc(=O)c(O)co1. The lowest BCUT2D eigenvalue weighted by Gasteiger charge is -2.04. The Hall–Kier alpha value is -2.56. The van der Waals surface area contributed by atoms with Gasteiger partial charge in [-0.15, -0.1) is 0 Å². The largest absolute Gasteiger partial charge is 0.502 e. The molecule has 1 aromatic carbocycles. The highest BCUT2D eigenvalue weighted by atomic mass is 16.4. The Labute approximate surface area is 115 Å². The van der Waals surface area contributed by atoms with E-state index in [1.165, 1.54) is 0 Å². The number of rotatable bonds is 5. The van der Waals surface area contributed by atoms with Crippen LogP contribution in [0.25, 0.3) is 0 Å². The molecule has 0 aliphatic rings. The molecule has 2 rings (SSSR count). The third-order valence-corrected chi connectivity index (χ3v) is 2.81. The molecule has 1 aromatic heterocycles. The van der Waals surface area contributed by atoms with E-state index in [9.17, 15) is 9.59 Å². The summed E-state index contributed by atoms with van der Waals surface area (Å²) in [6.45, 7) is 0.128. The van der Waals surface area contributed by atoms with E-state index in [4.69, 9.17) is 9.52 Å². The van der Waals surface area contributed by atoms with Gasteiger partial charge >= 0.3 is 0 Å². The highest BCUT2D eigenvalue weighted by Crippen LogP contribution is 2.04. The fourth-order valence-electron chi connectivity index (χ4n) is 1.71. The van der Waals surface area contributed by atoms with Gasteiger partial charge in [0.2, 0.25) is 11.3 Å². The molecule has 0 fully saturated rings. The van der Waals surface area contributed by atoms with Crippen molar-refractivity contribution in [3.8, 4) is 5.75 Å². The number of amides is 1. The van der Waals surface area contributed by atoms with Gasteiger partial charge < -0.3 is 14.8 Å². The van der Waals surface area contributed by atoms with Crippen LogP contribution in [0.4, 0.5) is 0 Å². The van der Waals surface area contributed by atoms with Crippen molar-refractivity contribution < 1.29 is 14.3 Å². The van der Waals surface area contributed by atoms with Crippen LogP contribution in [-0.2, 0) is 17.8 Å². The summed E-state index contributed by atoms with van der Waals surface area (Å²) >= 11 is 0. The second-order valence-corrected chi connectivity index (χ2v) is 4.36. The molecule has 1 heterocycles. The first-order valence-corrected chi connectivity index (χ1v) is 6.26. The van der Waals surface area contributed by atoms with E-state index >= 15 is 0 Å². The van der Waals surface area contributed by atoms with Crippen LogP contribution >= 0.6 is 0 Å². The molecule has 0 aliphatic carbocycles. The van der Waals surface area contributed by atoms with E-state index in [0.717, 1.165) is 17.9 Å². The van der Waals surface area contributed by atoms with Crippen molar-refractivity contribution in [1.29, 1.82) is 0 Å². The van der Waals surface area contributed by atoms with Crippen molar-refractivity contribution in [1.82, 2.24) is 5.32 Å². The molecule has 5 heteroatoms. The maximum absolute atomic E-state index is 11.7. The van der Waals surface area contributed by atoms with Gasteiger partial charge in [0.25, 0.3) is 0 Å². The quantitative estimate of drug-likeness (QED) is 0.867. The Bertz CT molecular complexity index is 634. The van der Waals surface area contributed by atoms with E-state index < -0.39 is 11.2 Å². The first kappa shape index (κ1) is 13.9. The number of aromatic hydroxyl groups is 1. The van der Waals surface area contributed by atoms with Crippen molar-refractivity contribution in [3.05, 3.63) is 64.2 Å². The molecule has 0 atom stereocenters. The summed E-state index contributed by atoms with van der Waals surface area (Å²) in [4.78, 5) is 22.8. The minimum Gasteiger partial charge on any atom is -0.502 e. The fraction of sp³-hybridized carbons (Fsp3) is 0.200. The van der Waals surface area contributed by atoms with Crippen molar-refractivity contribution in [2.24, 2.45) is 0 Å². The number of aryl methyl sites for hydroxylation is 1. The van der Waals surface area contributed by atoms with Crippen LogP contribution in [0.5, 0.6) is 5.75 Å². The molecule has 2 N–H and O–H groups in total. The Morgan fingerprint density at radius 3 is 2.70 bits per heavy atom. The van der Waals surface area contributed by atoms with Crippen molar-refractivity contribution in [3.63, 3.8) is 0 Å². The average molecular weight is 273 g/mol. The van der Waals surface area contributed by atoms with E-state index in [1.54, 1.807) is 0 Å². The van der Waals surface area contributed by atoms with E-state index in [-0.39, 0.29) is 12.5 Å². The molecule has 0 radical (unpaired) electrons. The standard InChI is InChI=1S/C15H15NO4/c17-13-8-12(20-10-14(13)18)9-16-15(19)7-6-11-4-2-1-3-5-11/h1-5,8,10,18H,6-7,9H2,(H,16,19). The summed E-state index contributed by atoms with van der Waals surface area (Å²) in [5.41, 5.74) is 0.573. The van der Waals surface area contributed by atoms with Gasteiger partial charge in [-0.3, -0.25) is 9.59 Å². The molecule has 5 nitrogen and oxygen atoms in total. The third kappa shape index (κ3) is 3.98. The van der Waals surface area contributed by atoms with Crippen molar-refractivity contribution >= 4 is 5.91 Å². The normalized spacial score (nSPS) is 10.2. The Morgan fingerprint density at radius 1 is 1.25 bits per heavy atom. The topological polar surface area (TPSA) is 79.5 Å². The van der Waals surface area contributed by atoms with Gasteiger partial charge in [-0.05, 0) is 12.0 Å². The minimum absolute atomic E-state index is 0.121. The zero-order chi connectivity index (χ0) is 14.4. The molecule has 0 bridgehead atoms. The molecule has 20 heavy (non-hydrogen) atoms. The monoisotopic (exact) mass is 273 g/mol. The molecule has 2 aromatic rings. The number of nitrogens with one attached hydrogen (secondary N) is 1. The highest BCUT2D eigenvalue weighted by molar-refractivity contribution is 5.76. The third-order valence-electron chi connectivity index (χ3n) is 2.81. The van der Waals surface area contributed by atoms with Gasteiger partial charge in [-0.2, -0.15) is 0 Å². The van der Waals surface area contributed by atoms with Crippen LogP contribution in [0.15, 0.2) is 51.9 Å². The van der Waals surface area contributed by atoms with Gasteiger partial charge in [0.1, 0.15) is 12.0 Å². The van der Waals surface area contributed by atoms with Crippen LogP contribution in [0, 0.1) is 0 Å². The molecule has 0 unspecified atom stereocenters. The molecular formula is C15H15NO4. The van der Waals surface area contributed by atoms with Crippen LogP contribution in [0.3, 0.4) is 0 Å². The maximum atomic E-state index is 11.7. The minimum atomic E-state index is -0.523. The van der Waals surface area contributed by atoms with Crippen LogP contribution in [0.2, 0.25) is 0 Å². The second-order valence-electron chi connectivity index (χ2n) is 4.36. The number of carbonyl (C=O) groups is 1. The highest BCUT2D eigenvalue weighted by Gasteiger charge is 2.05. The average Bonchev–Trinajstić information content (AvgIpc) is 2.47. The summed E-state index contributed by atoms with van der Waals surface area (Å²) in [5, 5.41) is 11.7. The molecule has 0 saturated carbocycles. The predicted octanol–water partition coefficient (Wildman–Crippen LogP) is 1.59. The molecule has 104 valence electrons. The Kier molecular flexibility index (Phi) is 4.55. The summed E-state index contributed by atoms with van der Waals surface area (Å²) in [5.74, 6) is -0.255. The van der Waals surface area contributed by atoms with Crippen LogP contribution in [0.1, 0.15) is 17.7 Å². The molecule has 0 aliphatic heterocycles. The number of hydrogen-bond donors (Lipinski definition) is 2.